The number of piperazine rings is 1. The van der Waals surface area contributed by atoms with Gasteiger partial charge in [-0.2, -0.15) is 0 Å². The van der Waals surface area contributed by atoms with Gasteiger partial charge in [0.05, 0.1) is 18.8 Å². The van der Waals surface area contributed by atoms with Gasteiger partial charge in [-0.3, -0.25) is 33.6 Å². The first-order valence-corrected chi connectivity index (χ1v) is 28.6. The Kier molecular flexibility index (Phi) is 22.3. The van der Waals surface area contributed by atoms with Gasteiger partial charge >= 0.3 is 0 Å². The third kappa shape index (κ3) is 16.5. The Balaban J connectivity index is 1.05. The number of rotatable bonds is 18. The van der Waals surface area contributed by atoms with Gasteiger partial charge in [-0.05, 0) is 125 Å². The molecule has 4 aliphatic rings. The quantitative estimate of drug-likeness (QED) is 0.0800. The number of hydrogen-bond acceptors (Lipinski definition) is 15. The van der Waals surface area contributed by atoms with Crippen molar-refractivity contribution in [2.24, 2.45) is 11.5 Å². The van der Waals surface area contributed by atoms with Gasteiger partial charge in [0, 0.05) is 75.2 Å². The summed E-state index contributed by atoms with van der Waals surface area (Å²) in [6, 6.07) is 13.0. The van der Waals surface area contributed by atoms with E-state index in [0.717, 1.165) is 54.6 Å². The van der Waals surface area contributed by atoms with Crippen molar-refractivity contribution in [1.82, 2.24) is 36.4 Å². The number of nitrogens with zero attached hydrogens (tertiary/aromatic N) is 4. The summed E-state index contributed by atoms with van der Waals surface area (Å²) in [5, 5.41) is 45.5. The summed E-state index contributed by atoms with van der Waals surface area (Å²) in [5.41, 5.74) is 15.3. The molecule has 7 amide bonds. The van der Waals surface area contributed by atoms with Gasteiger partial charge in [-0.15, -0.1) is 0 Å². The lowest BCUT2D eigenvalue weighted by atomic mass is 10.0. The zero-order chi connectivity index (χ0) is 57.3. The van der Waals surface area contributed by atoms with Crippen LogP contribution < -0.4 is 52.6 Å². The maximum atomic E-state index is 14.4. The predicted octanol–water partition coefficient (Wildman–Crippen LogP) is 1.17. The van der Waals surface area contributed by atoms with E-state index in [2.05, 4.69) is 55.4 Å². The molecule has 9 atom stereocenters. The van der Waals surface area contributed by atoms with Crippen molar-refractivity contribution in [3.05, 3.63) is 83.9 Å². The second-order valence-corrected chi connectivity index (χ2v) is 21.6. The van der Waals surface area contributed by atoms with Crippen LogP contribution in [-0.2, 0) is 35.2 Å². The van der Waals surface area contributed by atoms with Crippen LogP contribution in [0.25, 0.3) is 0 Å². The third-order valence-corrected chi connectivity index (χ3v) is 15.5. The van der Waals surface area contributed by atoms with E-state index < -0.39 is 95.9 Å². The van der Waals surface area contributed by atoms with Gasteiger partial charge in [0.1, 0.15) is 47.8 Å². The fourth-order valence-electron chi connectivity index (χ4n) is 10.9. The van der Waals surface area contributed by atoms with Crippen molar-refractivity contribution in [2.75, 3.05) is 68.8 Å². The van der Waals surface area contributed by atoms with Crippen molar-refractivity contribution in [1.29, 1.82) is 0 Å². The molecule has 436 valence electrons. The van der Waals surface area contributed by atoms with Crippen molar-refractivity contribution in [3.8, 4) is 11.5 Å². The molecule has 7 rings (SSSR count). The van der Waals surface area contributed by atoms with Crippen molar-refractivity contribution in [3.63, 3.8) is 0 Å². The highest BCUT2D eigenvalue weighted by Gasteiger charge is 2.45. The van der Waals surface area contributed by atoms with Crippen LogP contribution >= 0.6 is 0 Å². The summed E-state index contributed by atoms with van der Waals surface area (Å²) < 4.78 is 5.99. The second-order valence-electron chi connectivity index (χ2n) is 21.6. The summed E-state index contributed by atoms with van der Waals surface area (Å²) in [7, 11) is 0. The van der Waals surface area contributed by atoms with E-state index in [-0.39, 0.29) is 82.4 Å². The molecule has 0 unspecified atom stereocenters. The fourth-order valence-corrected chi connectivity index (χ4v) is 10.9. The van der Waals surface area contributed by atoms with Crippen molar-refractivity contribution >= 4 is 52.7 Å². The number of ether oxygens (including phenoxy) is 1. The predicted molar refractivity (Wildman–Crippen MR) is 301 cm³/mol. The minimum absolute atomic E-state index is 0.00118. The molecular formula is C58H83N11O11. The lowest BCUT2D eigenvalue weighted by Gasteiger charge is -2.37. The van der Waals surface area contributed by atoms with E-state index >= 15 is 0 Å². The van der Waals surface area contributed by atoms with E-state index in [4.69, 9.17) is 16.2 Å². The molecule has 4 fully saturated rings. The Morgan fingerprint density at radius 1 is 0.725 bits per heavy atom. The smallest absolute Gasteiger partial charge is 0.251 e. The number of aryl methyl sites for hydroxylation is 1. The molecule has 80 heavy (non-hydrogen) atoms. The molecule has 0 spiro atoms. The monoisotopic (exact) mass is 1110 g/mol. The SMILES string of the molecule is CCCCCCCCOc1ccc(N2CCN(c3ccc(C(=O)N[C@H]4CCCNC(=O)[C@@H]5C[C@H](N)CN5C(=O)[C@H](CCN)NC(=O)[C@H](CCc5ccc(O)cc5)NC(=O)[C@@H]5C[C@@H](O)CN5C(=O)[C@H]([C@@H](C)O)NC4=O)cc3)CC2)cc1. The molecule has 0 saturated carbocycles. The lowest BCUT2D eigenvalue weighted by molar-refractivity contribution is -0.145. The van der Waals surface area contributed by atoms with Crippen LogP contribution in [0.2, 0.25) is 0 Å². The number of aromatic hydroxyl groups is 1. The fraction of sp³-hybridized carbons (Fsp3) is 0.569. The average Bonchev–Trinajstić information content (AvgIpc) is 4.11. The van der Waals surface area contributed by atoms with E-state index in [1.807, 2.05) is 24.3 Å². The number of unbranched alkanes of at least 4 members (excludes halogenated alkanes) is 5. The molecule has 3 aromatic rings. The summed E-state index contributed by atoms with van der Waals surface area (Å²) in [5.74, 6) is -4.16. The zero-order valence-corrected chi connectivity index (χ0v) is 46.2. The standard InChI is InChI=1S/C58H83N11O11/c1-3-4-5-6-7-8-32-80-45-22-18-42(19-23-45)67-30-28-66(29-31-67)41-16-14-39(15-17-41)52(73)62-46-10-9-27-61-55(76)49-33-40(60)35-68(49)57(78)48(25-26-59)64-53(74)47(24-13-38-11-20-43(71)21-12-38)63-56(77)50-34-44(72)36-69(50)58(79)51(37(2)70)65-54(46)75/h11-12,14-23,37,40,44,46-51,70-72H,3-10,13,24-36,59-60H2,1-2H3,(H,61,76)(H,62,73)(H,63,77)(H,64,74)(H,65,75)/t37-,40+,44-,46+,47+,48+,49+,50+,51+/m1/s1. The first-order valence-electron chi connectivity index (χ1n) is 28.6. The van der Waals surface area contributed by atoms with E-state index in [0.29, 0.717) is 12.2 Å². The van der Waals surface area contributed by atoms with Crippen molar-refractivity contribution in [2.45, 2.75) is 152 Å². The van der Waals surface area contributed by atoms with Crippen LogP contribution in [0, 0.1) is 0 Å². The number of phenols is 1. The van der Waals surface area contributed by atoms with Gasteiger partial charge in [-0.1, -0.05) is 51.2 Å². The molecule has 12 N–H and O–H groups in total. The number of benzene rings is 3. The number of phenolic OH excluding ortho intramolecular Hbond substituents is 1. The van der Waals surface area contributed by atoms with Gasteiger partial charge in [0.15, 0.2) is 0 Å². The molecule has 3 aromatic carbocycles. The normalized spacial score (nSPS) is 25.1. The number of carbonyl (C=O) groups is 7. The molecule has 4 saturated heterocycles. The van der Waals surface area contributed by atoms with Crippen LogP contribution in [0.4, 0.5) is 11.4 Å². The Morgan fingerprint density at radius 2 is 1.34 bits per heavy atom. The largest absolute Gasteiger partial charge is 0.508 e. The lowest BCUT2D eigenvalue weighted by Crippen LogP contribution is -2.61. The van der Waals surface area contributed by atoms with Crippen LogP contribution in [0.3, 0.4) is 0 Å². The van der Waals surface area contributed by atoms with Crippen molar-refractivity contribution < 1.29 is 53.6 Å². The molecule has 0 radical (unpaired) electrons. The number of fused-ring (bicyclic) bond motifs is 2. The number of carbonyl (C=O) groups excluding carboxylic acids is 7. The number of aliphatic hydroxyl groups excluding tert-OH is 2. The van der Waals surface area contributed by atoms with Gasteiger partial charge in [-0.25, -0.2) is 0 Å². The summed E-state index contributed by atoms with van der Waals surface area (Å²) in [4.78, 5) is 106. The van der Waals surface area contributed by atoms with E-state index in [1.165, 1.54) is 56.1 Å². The van der Waals surface area contributed by atoms with Crippen LogP contribution in [-0.4, -0.2) is 180 Å². The van der Waals surface area contributed by atoms with Crippen LogP contribution in [0.1, 0.15) is 107 Å². The Labute approximate surface area is 468 Å². The molecule has 22 nitrogen and oxygen atoms in total. The zero-order valence-electron chi connectivity index (χ0n) is 46.2. The first kappa shape index (κ1) is 60.6. The number of nitrogens with one attached hydrogen (secondary N) is 5. The van der Waals surface area contributed by atoms with Gasteiger partial charge < -0.3 is 77.7 Å². The molecule has 4 aliphatic heterocycles. The minimum Gasteiger partial charge on any atom is -0.508 e. The summed E-state index contributed by atoms with van der Waals surface area (Å²) in [6.07, 6.45) is 4.67. The molecule has 4 heterocycles. The highest BCUT2D eigenvalue weighted by Crippen LogP contribution is 2.26. The highest BCUT2D eigenvalue weighted by molar-refractivity contribution is 6.00. The number of nitrogens with two attached hydrogens (primary N) is 2. The third-order valence-electron chi connectivity index (χ3n) is 15.5. The first-order chi connectivity index (χ1) is 38.5. The van der Waals surface area contributed by atoms with E-state index in [9.17, 15) is 48.9 Å². The average molecular weight is 1110 g/mol. The van der Waals surface area contributed by atoms with Crippen LogP contribution in [0.15, 0.2) is 72.8 Å². The topological polar surface area (TPSA) is 315 Å². The minimum atomic E-state index is -1.65. The molecule has 0 aliphatic carbocycles. The second kappa shape index (κ2) is 29.5. The molecule has 0 aromatic heterocycles. The maximum Gasteiger partial charge on any atom is 0.251 e. The number of amides is 7. The van der Waals surface area contributed by atoms with E-state index in [1.54, 1.807) is 24.3 Å². The Bertz CT molecular complexity index is 2550. The number of anilines is 2. The van der Waals surface area contributed by atoms with Gasteiger partial charge in [0.2, 0.25) is 35.4 Å². The number of hydrogen-bond donors (Lipinski definition) is 10. The Morgan fingerprint density at radius 3 is 1.99 bits per heavy atom. The Hall–Kier alpha value is -7.01. The van der Waals surface area contributed by atoms with Gasteiger partial charge in [0.25, 0.3) is 5.91 Å². The van der Waals surface area contributed by atoms with Crippen LogP contribution in [0.5, 0.6) is 11.5 Å². The molecule has 22 heteroatoms. The maximum absolute atomic E-state index is 14.4. The summed E-state index contributed by atoms with van der Waals surface area (Å²) in [6.45, 7) is 6.87. The summed E-state index contributed by atoms with van der Waals surface area (Å²) >= 11 is 0. The number of aliphatic hydroxyl groups is 2. The molecular weight excluding hydrogens is 1030 g/mol. The highest BCUT2D eigenvalue weighted by atomic mass is 16.5. The molecule has 0 bridgehead atoms.